The normalized spacial score (nSPS) is 9.47. The first kappa shape index (κ1) is 14.7. The van der Waals surface area contributed by atoms with Crippen LogP contribution in [0.1, 0.15) is 15.9 Å². The highest BCUT2D eigenvalue weighted by Crippen LogP contribution is 2.12. The molecule has 0 amide bonds. The van der Waals surface area contributed by atoms with Crippen LogP contribution in [0.25, 0.3) is 0 Å². The van der Waals surface area contributed by atoms with Gasteiger partial charge in [-0.15, -0.1) is 0 Å². The van der Waals surface area contributed by atoms with Crippen molar-refractivity contribution in [3.05, 3.63) is 60.7 Å². The van der Waals surface area contributed by atoms with E-state index < -0.39 is 11.9 Å². The monoisotopic (exact) mass is 260 g/mol. The summed E-state index contributed by atoms with van der Waals surface area (Å²) >= 11 is 0. The van der Waals surface area contributed by atoms with Crippen LogP contribution in [0, 0.1) is 0 Å². The summed E-state index contributed by atoms with van der Waals surface area (Å²) < 4.78 is 9.84. The van der Waals surface area contributed by atoms with E-state index in [2.05, 4.69) is 13.2 Å². The molecule has 0 aliphatic heterocycles. The van der Waals surface area contributed by atoms with Crippen LogP contribution in [0.3, 0.4) is 0 Å². The van der Waals surface area contributed by atoms with Crippen molar-refractivity contribution in [3.8, 4) is 0 Å². The summed E-state index contributed by atoms with van der Waals surface area (Å²) in [6.07, 6.45) is 2.99. The van der Waals surface area contributed by atoms with Crippen LogP contribution < -0.4 is 0 Å². The van der Waals surface area contributed by atoms with Crippen LogP contribution in [-0.2, 0) is 20.7 Å². The Hall–Kier alpha value is -2.36. The first-order valence-electron chi connectivity index (χ1n) is 5.81. The van der Waals surface area contributed by atoms with Crippen molar-refractivity contribution in [2.45, 2.75) is 6.42 Å². The van der Waals surface area contributed by atoms with Crippen LogP contribution in [0.15, 0.2) is 49.6 Å². The maximum absolute atomic E-state index is 11.8. The quantitative estimate of drug-likeness (QED) is 0.557. The smallest absolute Gasteiger partial charge is 0.338 e. The molecular weight excluding hydrogens is 244 g/mol. The van der Waals surface area contributed by atoms with E-state index in [9.17, 15) is 9.59 Å². The van der Waals surface area contributed by atoms with Gasteiger partial charge in [-0.25, -0.2) is 4.79 Å². The third-order valence-electron chi connectivity index (χ3n) is 2.27. The van der Waals surface area contributed by atoms with Gasteiger partial charge in [-0.2, -0.15) is 0 Å². The number of hydrogen-bond acceptors (Lipinski definition) is 4. The van der Waals surface area contributed by atoms with Crippen molar-refractivity contribution in [3.63, 3.8) is 0 Å². The molecular formula is C15H16O4. The second kappa shape index (κ2) is 7.87. The molecule has 0 unspecified atom stereocenters. The number of ether oxygens (including phenoxy) is 2. The predicted molar refractivity (Wildman–Crippen MR) is 71.8 cm³/mol. The van der Waals surface area contributed by atoms with Crippen molar-refractivity contribution in [1.82, 2.24) is 0 Å². The highest BCUT2D eigenvalue weighted by molar-refractivity contribution is 5.92. The summed E-state index contributed by atoms with van der Waals surface area (Å²) in [4.78, 5) is 23.3. The average molecular weight is 260 g/mol. The Morgan fingerprint density at radius 3 is 2.37 bits per heavy atom. The summed E-state index contributed by atoms with van der Waals surface area (Å²) in [5.41, 5.74) is 0.936. The Labute approximate surface area is 112 Å². The summed E-state index contributed by atoms with van der Waals surface area (Å²) in [6.45, 7) is 7.22. The molecule has 1 aromatic carbocycles. The Balaban J connectivity index is 2.77. The van der Waals surface area contributed by atoms with E-state index in [0.717, 1.165) is 0 Å². The third-order valence-corrected chi connectivity index (χ3v) is 2.27. The van der Waals surface area contributed by atoms with E-state index in [0.29, 0.717) is 11.1 Å². The van der Waals surface area contributed by atoms with Gasteiger partial charge in [0, 0.05) is 0 Å². The molecule has 4 heteroatoms. The molecule has 0 spiro atoms. The molecule has 0 atom stereocenters. The van der Waals surface area contributed by atoms with Crippen molar-refractivity contribution in [2.75, 3.05) is 13.2 Å². The maximum Gasteiger partial charge on any atom is 0.338 e. The van der Waals surface area contributed by atoms with Crippen LogP contribution in [0.4, 0.5) is 0 Å². The maximum atomic E-state index is 11.8. The molecule has 0 radical (unpaired) electrons. The first-order chi connectivity index (χ1) is 9.19. The van der Waals surface area contributed by atoms with Gasteiger partial charge in [-0.05, 0) is 11.6 Å². The Morgan fingerprint density at radius 2 is 1.68 bits per heavy atom. The van der Waals surface area contributed by atoms with E-state index in [1.54, 1.807) is 24.3 Å². The zero-order valence-corrected chi connectivity index (χ0v) is 10.6. The Morgan fingerprint density at radius 1 is 1.05 bits per heavy atom. The lowest BCUT2D eigenvalue weighted by Crippen LogP contribution is -2.13. The molecule has 0 bridgehead atoms. The van der Waals surface area contributed by atoms with Crippen molar-refractivity contribution in [2.24, 2.45) is 0 Å². The molecule has 0 fully saturated rings. The number of rotatable bonds is 7. The summed E-state index contributed by atoms with van der Waals surface area (Å²) in [5, 5.41) is 0. The van der Waals surface area contributed by atoms with Crippen molar-refractivity contribution >= 4 is 11.9 Å². The Kier molecular flexibility index (Phi) is 6.09. The van der Waals surface area contributed by atoms with Gasteiger partial charge in [-0.3, -0.25) is 4.79 Å². The van der Waals surface area contributed by atoms with Gasteiger partial charge in [0.25, 0.3) is 0 Å². The molecule has 0 saturated heterocycles. The topological polar surface area (TPSA) is 52.6 Å². The molecule has 19 heavy (non-hydrogen) atoms. The number of esters is 2. The van der Waals surface area contributed by atoms with Gasteiger partial charge in [0.2, 0.25) is 0 Å². The molecule has 4 nitrogen and oxygen atoms in total. The molecule has 0 heterocycles. The largest absolute Gasteiger partial charge is 0.461 e. The van der Waals surface area contributed by atoms with Crippen LogP contribution in [0.5, 0.6) is 0 Å². The zero-order valence-electron chi connectivity index (χ0n) is 10.6. The fraction of sp³-hybridized carbons (Fsp3) is 0.200. The van der Waals surface area contributed by atoms with Gasteiger partial charge < -0.3 is 9.47 Å². The molecule has 0 saturated carbocycles. The molecule has 100 valence electrons. The minimum Gasteiger partial charge on any atom is -0.461 e. The SMILES string of the molecule is C=CCOC(=O)Cc1ccccc1C(=O)OCC=C. The summed E-state index contributed by atoms with van der Waals surface area (Å²) in [5.74, 6) is -0.893. The number of hydrogen-bond donors (Lipinski definition) is 0. The highest BCUT2D eigenvalue weighted by atomic mass is 16.5. The summed E-state index contributed by atoms with van der Waals surface area (Å²) in [7, 11) is 0. The van der Waals surface area contributed by atoms with Crippen LogP contribution in [0.2, 0.25) is 0 Å². The molecule has 0 aromatic heterocycles. The first-order valence-corrected chi connectivity index (χ1v) is 5.81. The minimum absolute atomic E-state index is 0.0210. The average Bonchev–Trinajstić information content (AvgIpc) is 2.43. The van der Waals surface area contributed by atoms with Gasteiger partial charge in [0.15, 0.2) is 0 Å². The molecule has 1 aromatic rings. The van der Waals surface area contributed by atoms with E-state index in [-0.39, 0.29) is 19.6 Å². The predicted octanol–water partition coefficient (Wildman–Crippen LogP) is 2.30. The van der Waals surface area contributed by atoms with E-state index in [1.807, 2.05) is 0 Å². The Bertz CT molecular complexity index is 477. The number of carbonyl (C=O) groups is 2. The van der Waals surface area contributed by atoms with E-state index in [4.69, 9.17) is 9.47 Å². The molecule has 0 aliphatic rings. The lowest BCUT2D eigenvalue weighted by molar-refractivity contribution is -0.141. The van der Waals surface area contributed by atoms with Crippen molar-refractivity contribution < 1.29 is 19.1 Å². The van der Waals surface area contributed by atoms with Gasteiger partial charge in [0.05, 0.1) is 12.0 Å². The highest BCUT2D eigenvalue weighted by Gasteiger charge is 2.14. The molecule has 0 aliphatic carbocycles. The van der Waals surface area contributed by atoms with Gasteiger partial charge in [-0.1, -0.05) is 43.5 Å². The number of carbonyl (C=O) groups excluding carboxylic acids is 2. The molecule has 0 N–H and O–H groups in total. The third kappa shape index (κ3) is 4.79. The number of benzene rings is 1. The van der Waals surface area contributed by atoms with Crippen molar-refractivity contribution in [1.29, 1.82) is 0 Å². The lowest BCUT2D eigenvalue weighted by atomic mass is 10.0. The second-order valence-corrected chi connectivity index (χ2v) is 3.69. The fourth-order valence-corrected chi connectivity index (χ4v) is 1.44. The zero-order chi connectivity index (χ0) is 14.1. The summed E-state index contributed by atoms with van der Waals surface area (Å²) in [6, 6.07) is 6.77. The minimum atomic E-state index is -0.480. The molecule has 1 rings (SSSR count). The van der Waals surface area contributed by atoms with E-state index >= 15 is 0 Å². The standard InChI is InChI=1S/C15H16O4/c1-3-9-18-14(16)11-12-7-5-6-8-13(12)15(17)19-10-4-2/h3-8H,1-2,9-11H2. The second-order valence-electron chi connectivity index (χ2n) is 3.69. The van der Waals surface area contributed by atoms with Crippen LogP contribution >= 0.6 is 0 Å². The fourth-order valence-electron chi connectivity index (χ4n) is 1.44. The van der Waals surface area contributed by atoms with Gasteiger partial charge in [0.1, 0.15) is 13.2 Å². The van der Waals surface area contributed by atoms with Gasteiger partial charge >= 0.3 is 11.9 Å². The van der Waals surface area contributed by atoms with Crippen LogP contribution in [-0.4, -0.2) is 25.2 Å². The lowest BCUT2D eigenvalue weighted by Gasteiger charge is -2.08. The van der Waals surface area contributed by atoms with E-state index in [1.165, 1.54) is 12.2 Å².